The van der Waals surface area contributed by atoms with Gasteiger partial charge in [0.05, 0.1) is 19.3 Å². The Morgan fingerprint density at radius 3 is 2.62 bits per heavy atom. The number of aliphatic hydroxyl groups excluding tert-OH is 1. The summed E-state index contributed by atoms with van der Waals surface area (Å²) in [6.45, 7) is 6.87. The minimum atomic E-state index is 0.00950. The van der Waals surface area contributed by atoms with E-state index >= 15 is 0 Å². The number of aryl methyl sites for hydroxylation is 1. The van der Waals surface area contributed by atoms with Gasteiger partial charge in [-0.05, 0) is 32.4 Å². The second kappa shape index (κ2) is 6.45. The molecule has 0 radical (unpaired) electrons. The number of rotatable bonds is 6. The predicted molar refractivity (Wildman–Crippen MR) is 61.5 cm³/mol. The molecular weight excluding hydrogens is 206 g/mol. The number of aliphatic hydroxyl groups is 1. The average molecular weight is 225 g/mol. The van der Waals surface area contributed by atoms with Crippen molar-refractivity contribution in [3.8, 4) is 5.88 Å². The molecule has 0 fully saturated rings. The van der Waals surface area contributed by atoms with Crippen LogP contribution in [0.2, 0.25) is 0 Å². The molecular formula is C12H19NO3. The second-order valence-corrected chi connectivity index (χ2v) is 3.82. The van der Waals surface area contributed by atoms with E-state index in [-0.39, 0.29) is 12.7 Å². The first-order valence-corrected chi connectivity index (χ1v) is 5.45. The summed E-state index contributed by atoms with van der Waals surface area (Å²) < 4.78 is 10.8. The maximum absolute atomic E-state index is 8.98. The first-order chi connectivity index (χ1) is 7.63. The van der Waals surface area contributed by atoms with Crippen molar-refractivity contribution in [2.45, 2.75) is 33.5 Å². The second-order valence-electron chi connectivity index (χ2n) is 3.82. The van der Waals surface area contributed by atoms with Crippen LogP contribution in [0.1, 0.15) is 25.1 Å². The third-order valence-electron chi connectivity index (χ3n) is 2.12. The quantitative estimate of drug-likeness (QED) is 0.748. The molecule has 1 aromatic heterocycles. The molecule has 0 atom stereocenters. The van der Waals surface area contributed by atoms with E-state index in [4.69, 9.17) is 14.6 Å². The Morgan fingerprint density at radius 1 is 1.31 bits per heavy atom. The van der Waals surface area contributed by atoms with Crippen molar-refractivity contribution in [3.05, 3.63) is 23.4 Å². The highest BCUT2D eigenvalue weighted by Gasteiger charge is 2.01. The standard InChI is InChI=1S/C12H19NO3/c1-9(2)15-6-7-16-12-5-4-11(8-14)10(3)13-12/h4-5,9,14H,6-8H2,1-3H3. The van der Waals surface area contributed by atoms with Crippen molar-refractivity contribution in [2.24, 2.45) is 0 Å². The Morgan fingerprint density at radius 2 is 2.06 bits per heavy atom. The minimum absolute atomic E-state index is 0.00950. The van der Waals surface area contributed by atoms with Gasteiger partial charge in [-0.3, -0.25) is 0 Å². The fourth-order valence-electron chi connectivity index (χ4n) is 1.24. The van der Waals surface area contributed by atoms with Gasteiger partial charge in [0.2, 0.25) is 5.88 Å². The van der Waals surface area contributed by atoms with Crippen LogP contribution in [0.5, 0.6) is 5.88 Å². The van der Waals surface area contributed by atoms with Crippen LogP contribution in [0.4, 0.5) is 0 Å². The summed E-state index contributed by atoms with van der Waals surface area (Å²) in [5.74, 6) is 0.571. The lowest BCUT2D eigenvalue weighted by Gasteiger charge is -2.09. The van der Waals surface area contributed by atoms with Gasteiger partial charge in [-0.1, -0.05) is 0 Å². The largest absolute Gasteiger partial charge is 0.475 e. The highest BCUT2D eigenvalue weighted by Crippen LogP contribution is 2.12. The molecule has 1 heterocycles. The van der Waals surface area contributed by atoms with E-state index in [2.05, 4.69) is 4.98 Å². The molecule has 0 bridgehead atoms. The first kappa shape index (κ1) is 12.9. The lowest BCUT2D eigenvalue weighted by Crippen LogP contribution is -2.12. The summed E-state index contributed by atoms with van der Waals surface area (Å²) in [4.78, 5) is 4.22. The van der Waals surface area contributed by atoms with Crippen LogP contribution >= 0.6 is 0 Å². The highest BCUT2D eigenvalue weighted by molar-refractivity contribution is 5.24. The molecule has 0 saturated heterocycles. The molecule has 0 aromatic carbocycles. The fraction of sp³-hybridized carbons (Fsp3) is 0.583. The normalized spacial score (nSPS) is 10.8. The molecule has 4 heteroatoms. The third kappa shape index (κ3) is 4.16. The summed E-state index contributed by atoms with van der Waals surface area (Å²) in [6.07, 6.45) is 0.218. The van der Waals surface area contributed by atoms with E-state index in [0.29, 0.717) is 19.1 Å². The van der Waals surface area contributed by atoms with E-state index in [9.17, 15) is 0 Å². The van der Waals surface area contributed by atoms with Gasteiger partial charge in [-0.2, -0.15) is 0 Å². The van der Waals surface area contributed by atoms with Crippen molar-refractivity contribution in [3.63, 3.8) is 0 Å². The van der Waals surface area contributed by atoms with Gasteiger partial charge in [0.25, 0.3) is 0 Å². The zero-order valence-corrected chi connectivity index (χ0v) is 10.1. The number of hydrogen-bond donors (Lipinski definition) is 1. The molecule has 0 amide bonds. The monoisotopic (exact) mass is 225 g/mol. The maximum atomic E-state index is 8.98. The number of pyridine rings is 1. The average Bonchev–Trinajstić information content (AvgIpc) is 2.24. The van der Waals surface area contributed by atoms with Crippen molar-refractivity contribution in [1.82, 2.24) is 4.98 Å². The van der Waals surface area contributed by atoms with E-state index in [1.807, 2.05) is 26.8 Å². The molecule has 90 valence electrons. The van der Waals surface area contributed by atoms with Crippen molar-refractivity contribution < 1.29 is 14.6 Å². The first-order valence-electron chi connectivity index (χ1n) is 5.45. The van der Waals surface area contributed by atoms with Gasteiger partial charge >= 0.3 is 0 Å². The summed E-state index contributed by atoms with van der Waals surface area (Å²) in [5.41, 5.74) is 1.62. The summed E-state index contributed by atoms with van der Waals surface area (Å²) in [6, 6.07) is 3.58. The van der Waals surface area contributed by atoms with E-state index < -0.39 is 0 Å². The summed E-state index contributed by atoms with van der Waals surface area (Å²) >= 11 is 0. The lowest BCUT2D eigenvalue weighted by atomic mass is 10.2. The molecule has 0 aliphatic heterocycles. The van der Waals surface area contributed by atoms with Crippen LogP contribution in [-0.2, 0) is 11.3 Å². The van der Waals surface area contributed by atoms with Crippen LogP contribution in [-0.4, -0.2) is 29.4 Å². The minimum Gasteiger partial charge on any atom is -0.475 e. The molecule has 0 aliphatic carbocycles. The SMILES string of the molecule is Cc1nc(OCCOC(C)C)ccc1CO. The molecule has 1 rings (SSSR count). The van der Waals surface area contributed by atoms with Crippen LogP contribution in [0, 0.1) is 6.92 Å². The molecule has 1 N–H and O–H groups in total. The number of nitrogens with zero attached hydrogens (tertiary/aromatic N) is 1. The number of aromatic nitrogens is 1. The number of hydrogen-bond acceptors (Lipinski definition) is 4. The molecule has 0 spiro atoms. The predicted octanol–water partition coefficient (Wildman–Crippen LogP) is 1.69. The summed E-state index contributed by atoms with van der Waals surface area (Å²) in [7, 11) is 0. The van der Waals surface area contributed by atoms with Gasteiger partial charge in [-0.25, -0.2) is 4.98 Å². The van der Waals surface area contributed by atoms with Crippen LogP contribution in [0.25, 0.3) is 0 Å². The Bertz CT molecular complexity index is 326. The highest BCUT2D eigenvalue weighted by atomic mass is 16.5. The van der Waals surface area contributed by atoms with Crippen molar-refractivity contribution >= 4 is 0 Å². The number of ether oxygens (including phenoxy) is 2. The van der Waals surface area contributed by atoms with E-state index in [1.165, 1.54) is 0 Å². The fourth-order valence-corrected chi connectivity index (χ4v) is 1.24. The van der Waals surface area contributed by atoms with Crippen molar-refractivity contribution in [2.75, 3.05) is 13.2 Å². The van der Waals surface area contributed by atoms with Crippen molar-refractivity contribution in [1.29, 1.82) is 0 Å². The van der Waals surface area contributed by atoms with Crippen LogP contribution in [0.15, 0.2) is 12.1 Å². The van der Waals surface area contributed by atoms with Gasteiger partial charge in [0.1, 0.15) is 6.61 Å². The maximum Gasteiger partial charge on any atom is 0.213 e. The molecule has 1 aromatic rings. The van der Waals surface area contributed by atoms with Crippen LogP contribution in [0.3, 0.4) is 0 Å². The Hall–Kier alpha value is -1.13. The summed E-state index contributed by atoms with van der Waals surface area (Å²) in [5, 5.41) is 8.98. The van der Waals surface area contributed by atoms with E-state index in [1.54, 1.807) is 6.07 Å². The zero-order valence-electron chi connectivity index (χ0n) is 10.1. The van der Waals surface area contributed by atoms with Gasteiger partial charge in [0.15, 0.2) is 0 Å². The Labute approximate surface area is 96.2 Å². The smallest absolute Gasteiger partial charge is 0.213 e. The molecule has 16 heavy (non-hydrogen) atoms. The molecule has 4 nitrogen and oxygen atoms in total. The Balaban J connectivity index is 2.40. The Kier molecular flexibility index (Phi) is 5.22. The molecule has 0 aliphatic rings. The van der Waals surface area contributed by atoms with Crippen LogP contribution < -0.4 is 4.74 Å². The molecule has 0 unspecified atom stereocenters. The molecule has 0 saturated carbocycles. The zero-order chi connectivity index (χ0) is 12.0. The third-order valence-corrected chi connectivity index (χ3v) is 2.12. The van der Waals surface area contributed by atoms with Gasteiger partial charge in [0, 0.05) is 11.8 Å². The lowest BCUT2D eigenvalue weighted by molar-refractivity contribution is 0.0542. The van der Waals surface area contributed by atoms with Gasteiger partial charge < -0.3 is 14.6 Å². The van der Waals surface area contributed by atoms with E-state index in [0.717, 1.165) is 11.3 Å². The van der Waals surface area contributed by atoms with Gasteiger partial charge in [-0.15, -0.1) is 0 Å². The topological polar surface area (TPSA) is 51.6 Å².